The first-order valence-electron chi connectivity index (χ1n) is 1.58. The largest absolute Gasteiger partial charge is 0.385 e. The minimum Gasteiger partial charge on any atom is -0.385 e. The first-order chi connectivity index (χ1) is 2.81. The highest BCUT2D eigenvalue weighted by Gasteiger charge is 1.79. The smallest absolute Gasteiger partial charge is 0.146 e. The van der Waals surface area contributed by atoms with Crippen molar-refractivity contribution in [2.75, 3.05) is 13.7 Å². The fourth-order valence-electron chi connectivity index (χ4n) is 0.0598. The second kappa shape index (κ2) is 2.63. The van der Waals surface area contributed by atoms with E-state index in [-0.39, 0.29) is 5.84 Å². The Labute approximate surface area is 35.9 Å². The predicted octanol–water partition coefficient (Wildman–Crippen LogP) is -0.0571. The van der Waals surface area contributed by atoms with Crippen molar-refractivity contribution in [3.05, 3.63) is 0 Å². The lowest BCUT2D eigenvalue weighted by Gasteiger charge is -1.82. The van der Waals surface area contributed by atoms with E-state index >= 15 is 0 Å². The summed E-state index contributed by atoms with van der Waals surface area (Å²) in [4.78, 5) is 3.33. The third kappa shape index (κ3) is 1.69. The molecule has 0 heterocycles. The normalized spacial score (nSPS) is 12.0. The van der Waals surface area contributed by atoms with E-state index < -0.39 is 6.67 Å². The zero-order valence-corrected chi connectivity index (χ0v) is 3.61. The third-order valence-electron chi connectivity index (χ3n) is 0.424. The Hall–Kier alpha value is -0.600. The molecule has 2 nitrogen and oxygen atoms in total. The molecule has 0 aromatic rings. The van der Waals surface area contributed by atoms with E-state index in [1.165, 1.54) is 7.05 Å². The van der Waals surface area contributed by atoms with Gasteiger partial charge in [-0.2, -0.15) is 0 Å². The number of hydrogen-bond donors (Lipinski definition) is 1. The van der Waals surface area contributed by atoms with Crippen LogP contribution in [0.5, 0.6) is 0 Å². The van der Waals surface area contributed by atoms with Crippen LogP contribution in [0.15, 0.2) is 4.99 Å². The molecule has 2 N–H and O–H groups in total. The number of rotatable bonds is 1. The van der Waals surface area contributed by atoms with E-state index in [1.807, 2.05) is 0 Å². The zero-order chi connectivity index (χ0) is 4.99. The molecule has 0 fully saturated rings. The number of alkyl halides is 1. The Balaban J connectivity index is 3.22. The summed E-state index contributed by atoms with van der Waals surface area (Å²) in [7, 11) is 1.45. The Morgan fingerprint density at radius 2 is 2.50 bits per heavy atom. The number of amidine groups is 1. The minimum absolute atomic E-state index is 0.0509. The van der Waals surface area contributed by atoms with Gasteiger partial charge >= 0.3 is 0 Å². The highest BCUT2D eigenvalue weighted by atomic mass is 19.1. The molecule has 0 radical (unpaired) electrons. The van der Waals surface area contributed by atoms with Crippen molar-refractivity contribution in [3.8, 4) is 0 Å². The van der Waals surface area contributed by atoms with Crippen LogP contribution in [0.25, 0.3) is 0 Å². The molecule has 0 aromatic carbocycles. The van der Waals surface area contributed by atoms with Gasteiger partial charge in [0.15, 0.2) is 0 Å². The first-order valence-corrected chi connectivity index (χ1v) is 1.58. The van der Waals surface area contributed by atoms with Gasteiger partial charge in [0.1, 0.15) is 12.5 Å². The van der Waals surface area contributed by atoms with Crippen molar-refractivity contribution in [2.24, 2.45) is 10.7 Å². The van der Waals surface area contributed by atoms with E-state index in [0.717, 1.165) is 0 Å². The van der Waals surface area contributed by atoms with Gasteiger partial charge in [0.25, 0.3) is 0 Å². The van der Waals surface area contributed by atoms with Crippen LogP contribution in [0.1, 0.15) is 0 Å². The van der Waals surface area contributed by atoms with E-state index in [4.69, 9.17) is 5.73 Å². The summed E-state index contributed by atoms with van der Waals surface area (Å²) in [6, 6.07) is 0. The van der Waals surface area contributed by atoms with Crippen LogP contribution in [0.4, 0.5) is 4.39 Å². The van der Waals surface area contributed by atoms with E-state index in [9.17, 15) is 4.39 Å². The van der Waals surface area contributed by atoms with Gasteiger partial charge in [-0.3, -0.25) is 4.99 Å². The second-order valence-corrected chi connectivity index (χ2v) is 0.849. The fourth-order valence-corrected chi connectivity index (χ4v) is 0.0598. The SMILES string of the molecule is CN=C(N)CF. The lowest BCUT2D eigenvalue weighted by molar-refractivity contribution is 0.578. The van der Waals surface area contributed by atoms with Gasteiger partial charge in [0.2, 0.25) is 0 Å². The average Bonchev–Trinajstić information content (AvgIpc) is 1.65. The molecule has 0 amide bonds. The van der Waals surface area contributed by atoms with E-state index in [0.29, 0.717) is 0 Å². The van der Waals surface area contributed by atoms with Crippen molar-refractivity contribution < 1.29 is 4.39 Å². The molecular formula is C3H7FN2. The van der Waals surface area contributed by atoms with Gasteiger partial charge in [-0.25, -0.2) is 4.39 Å². The van der Waals surface area contributed by atoms with Gasteiger partial charge in [-0.05, 0) is 0 Å². The molecule has 36 valence electrons. The van der Waals surface area contributed by atoms with Crippen LogP contribution < -0.4 is 5.73 Å². The summed E-state index contributed by atoms with van der Waals surface area (Å²) in [5.41, 5.74) is 4.85. The van der Waals surface area contributed by atoms with Crippen molar-refractivity contribution in [1.29, 1.82) is 0 Å². The second-order valence-electron chi connectivity index (χ2n) is 0.849. The van der Waals surface area contributed by atoms with Gasteiger partial charge in [-0.15, -0.1) is 0 Å². The molecule has 0 saturated heterocycles. The van der Waals surface area contributed by atoms with Gasteiger partial charge < -0.3 is 5.73 Å². The van der Waals surface area contributed by atoms with Crippen LogP contribution in [0.3, 0.4) is 0 Å². The maximum Gasteiger partial charge on any atom is 0.146 e. The van der Waals surface area contributed by atoms with E-state index in [1.54, 1.807) is 0 Å². The number of halogens is 1. The Morgan fingerprint density at radius 3 is 2.50 bits per heavy atom. The molecule has 0 bridgehead atoms. The Bertz CT molecular complexity index is 59.8. The molecule has 6 heavy (non-hydrogen) atoms. The van der Waals surface area contributed by atoms with Crippen LogP contribution in [-0.4, -0.2) is 19.6 Å². The van der Waals surface area contributed by atoms with Crippen molar-refractivity contribution in [3.63, 3.8) is 0 Å². The van der Waals surface area contributed by atoms with Gasteiger partial charge in [0, 0.05) is 7.05 Å². The topological polar surface area (TPSA) is 38.4 Å². The summed E-state index contributed by atoms with van der Waals surface area (Å²) in [6.07, 6.45) is 0. The maximum absolute atomic E-state index is 11.1. The molecule has 0 unspecified atom stereocenters. The molecule has 0 aliphatic heterocycles. The van der Waals surface area contributed by atoms with Gasteiger partial charge in [-0.1, -0.05) is 0 Å². The zero-order valence-electron chi connectivity index (χ0n) is 3.61. The summed E-state index contributed by atoms with van der Waals surface area (Å²) in [6.45, 7) is -0.642. The molecule has 0 aliphatic rings. The van der Waals surface area contributed by atoms with Crippen LogP contribution in [-0.2, 0) is 0 Å². The fraction of sp³-hybridized carbons (Fsp3) is 0.667. The third-order valence-corrected chi connectivity index (χ3v) is 0.424. The lowest BCUT2D eigenvalue weighted by Crippen LogP contribution is -2.12. The molecule has 0 rings (SSSR count). The predicted molar refractivity (Wildman–Crippen MR) is 23.5 cm³/mol. The number of nitrogens with zero attached hydrogens (tertiary/aromatic N) is 1. The molecule has 0 spiro atoms. The molecular weight excluding hydrogens is 83.0 g/mol. The summed E-state index contributed by atoms with van der Waals surface area (Å²) in [5.74, 6) is 0.0509. The van der Waals surface area contributed by atoms with Crippen molar-refractivity contribution in [2.45, 2.75) is 0 Å². The quantitative estimate of drug-likeness (QED) is 0.355. The highest BCUT2D eigenvalue weighted by Crippen LogP contribution is 1.64. The highest BCUT2D eigenvalue weighted by molar-refractivity contribution is 5.81. The Morgan fingerprint density at radius 1 is 2.00 bits per heavy atom. The first kappa shape index (κ1) is 5.40. The van der Waals surface area contributed by atoms with Crippen molar-refractivity contribution in [1.82, 2.24) is 0 Å². The van der Waals surface area contributed by atoms with Crippen LogP contribution in [0.2, 0.25) is 0 Å². The summed E-state index contributed by atoms with van der Waals surface area (Å²) in [5, 5.41) is 0. The van der Waals surface area contributed by atoms with Gasteiger partial charge in [0.05, 0.1) is 0 Å². The average molecular weight is 90.1 g/mol. The maximum atomic E-state index is 11.1. The summed E-state index contributed by atoms with van der Waals surface area (Å²) >= 11 is 0. The standard InChI is InChI=1S/C3H7FN2/c1-6-3(5)2-4/h2H2,1H3,(H2,5,6). The molecule has 0 aliphatic carbocycles. The molecule has 0 saturated carbocycles. The van der Waals surface area contributed by atoms with Crippen LogP contribution >= 0.6 is 0 Å². The van der Waals surface area contributed by atoms with Crippen LogP contribution in [0, 0.1) is 0 Å². The van der Waals surface area contributed by atoms with E-state index in [2.05, 4.69) is 4.99 Å². The van der Waals surface area contributed by atoms with Crippen molar-refractivity contribution >= 4 is 5.84 Å². The number of nitrogens with two attached hydrogens (primary N) is 1. The molecule has 0 atom stereocenters. The summed E-state index contributed by atoms with van der Waals surface area (Å²) < 4.78 is 11.1. The minimum atomic E-state index is -0.642. The Kier molecular flexibility index (Phi) is 2.36. The monoisotopic (exact) mass is 90.1 g/mol. The lowest BCUT2D eigenvalue weighted by atomic mass is 10.7. The molecule has 3 heteroatoms. The number of aliphatic imine (C=N–C) groups is 1. The molecule has 0 aromatic heterocycles. The number of hydrogen-bond acceptors (Lipinski definition) is 1.